The van der Waals surface area contributed by atoms with Gasteiger partial charge in [-0.3, -0.25) is 9.88 Å². The summed E-state index contributed by atoms with van der Waals surface area (Å²) in [5.41, 5.74) is 8.14. The van der Waals surface area contributed by atoms with Gasteiger partial charge in [0.25, 0.3) is 0 Å². The van der Waals surface area contributed by atoms with E-state index in [2.05, 4.69) is 29.8 Å². The number of rotatable bonds is 4. The Hall–Kier alpha value is -1.00. The van der Waals surface area contributed by atoms with Crippen LogP contribution in [0, 0.1) is 5.41 Å². The first-order valence-electron chi connectivity index (χ1n) is 6.99. The van der Waals surface area contributed by atoms with Gasteiger partial charge >= 0.3 is 0 Å². The van der Waals surface area contributed by atoms with E-state index < -0.39 is 0 Å². The Balaban J connectivity index is 1.96. The highest BCUT2D eigenvalue weighted by molar-refractivity contribution is 7.80. The summed E-state index contributed by atoms with van der Waals surface area (Å²) in [6.45, 7) is 8.02. The van der Waals surface area contributed by atoms with Crippen LogP contribution in [-0.2, 0) is 6.54 Å². The SMILES string of the molecule is CCC1(C)CCN(Cc2ccnc(C(N)=S)c2)CC1. The third kappa shape index (κ3) is 3.74. The molecule has 0 atom stereocenters. The first-order valence-corrected chi connectivity index (χ1v) is 7.40. The molecule has 2 heterocycles. The third-order valence-electron chi connectivity index (χ3n) is 4.40. The van der Waals surface area contributed by atoms with E-state index in [-0.39, 0.29) is 0 Å². The second-order valence-corrected chi connectivity index (χ2v) is 6.29. The quantitative estimate of drug-likeness (QED) is 0.859. The molecule has 0 aromatic carbocycles. The molecule has 0 aliphatic carbocycles. The van der Waals surface area contributed by atoms with Gasteiger partial charge in [-0.15, -0.1) is 0 Å². The highest BCUT2D eigenvalue weighted by Gasteiger charge is 2.28. The van der Waals surface area contributed by atoms with Crippen LogP contribution in [-0.4, -0.2) is 28.0 Å². The lowest BCUT2D eigenvalue weighted by Crippen LogP contribution is -2.37. The predicted molar refractivity (Wildman–Crippen MR) is 83.0 cm³/mol. The van der Waals surface area contributed by atoms with Crippen molar-refractivity contribution in [3.05, 3.63) is 29.6 Å². The van der Waals surface area contributed by atoms with Gasteiger partial charge in [-0.1, -0.05) is 32.5 Å². The number of hydrogen-bond acceptors (Lipinski definition) is 3. The molecule has 0 spiro atoms. The molecule has 2 N–H and O–H groups in total. The highest BCUT2D eigenvalue weighted by atomic mass is 32.1. The zero-order valence-electron chi connectivity index (χ0n) is 11.9. The van der Waals surface area contributed by atoms with E-state index in [1.807, 2.05) is 6.07 Å². The van der Waals surface area contributed by atoms with Crippen molar-refractivity contribution in [3.8, 4) is 0 Å². The zero-order valence-corrected chi connectivity index (χ0v) is 12.7. The van der Waals surface area contributed by atoms with Crippen molar-refractivity contribution in [2.45, 2.75) is 39.7 Å². The average molecular weight is 277 g/mol. The number of likely N-dealkylation sites (tertiary alicyclic amines) is 1. The van der Waals surface area contributed by atoms with Crippen molar-refractivity contribution in [2.75, 3.05) is 13.1 Å². The van der Waals surface area contributed by atoms with Gasteiger partial charge in [-0.2, -0.15) is 0 Å². The summed E-state index contributed by atoms with van der Waals surface area (Å²) in [6, 6.07) is 4.06. The molecule has 2 rings (SSSR count). The van der Waals surface area contributed by atoms with Crippen LogP contribution in [0.3, 0.4) is 0 Å². The smallest absolute Gasteiger partial charge is 0.122 e. The van der Waals surface area contributed by atoms with Crippen molar-refractivity contribution < 1.29 is 0 Å². The standard InChI is InChI=1S/C15H23N3S/c1-3-15(2)5-8-18(9-6-15)11-12-4-7-17-13(10-12)14(16)19/h4,7,10H,3,5-6,8-9,11H2,1-2H3,(H2,16,19). The summed E-state index contributed by atoms with van der Waals surface area (Å²) in [6.07, 6.45) is 5.65. The van der Waals surface area contributed by atoms with E-state index >= 15 is 0 Å². The summed E-state index contributed by atoms with van der Waals surface area (Å²) in [7, 11) is 0. The number of aromatic nitrogens is 1. The molecule has 0 amide bonds. The topological polar surface area (TPSA) is 42.2 Å². The summed E-state index contributed by atoms with van der Waals surface area (Å²) in [4.78, 5) is 7.07. The van der Waals surface area contributed by atoms with E-state index in [9.17, 15) is 0 Å². The Labute approximate surface area is 121 Å². The Bertz CT molecular complexity index is 450. The van der Waals surface area contributed by atoms with Crippen molar-refractivity contribution in [2.24, 2.45) is 11.1 Å². The summed E-state index contributed by atoms with van der Waals surface area (Å²) in [5.74, 6) is 0. The Morgan fingerprint density at radius 2 is 2.16 bits per heavy atom. The first-order chi connectivity index (χ1) is 9.02. The summed E-state index contributed by atoms with van der Waals surface area (Å²) >= 11 is 4.97. The van der Waals surface area contributed by atoms with Gasteiger partial charge in [0.2, 0.25) is 0 Å². The molecule has 1 aromatic heterocycles. The molecular formula is C15H23N3S. The van der Waals surface area contributed by atoms with E-state index in [0.717, 1.165) is 12.2 Å². The number of nitrogens with zero attached hydrogens (tertiary/aromatic N) is 2. The molecule has 4 heteroatoms. The van der Waals surface area contributed by atoms with Crippen molar-refractivity contribution >= 4 is 17.2 Å². The minimum atomic E-state index is 0.374. The van der Waals surface area contributed by atoms with Gasteiger partial charge in [0, 0.05) is 12.7 Å². The second-order valence-electron chi connectivity index (χ2n) is 5.85. The van der Waals surface area contributed by atoms with Crippen molar-refractivity contribution in [1.82, 2.24) is 9.88 Å². The molecule has 0 bridgehead atoms. The summed E-state index contributed by atoms with van der Waals surface area (Å²) < 4.78 is 0. The van der Waals surface area contributed by atoms with Gasteiger partial charge in [0.05, 0.1) is 5.69 Å². The maximum absolute atomic E-state index is 5.62. The third-order valence-corrected chi connectivity index (χ3v) is 4.61. The number of piperidine rings is 1. The van der Waals surface area contributed by atoms with E-state index in [0.29, 0.717) is 10.4 Å². The van der Waals surface area contributed by atoms with Crippen LogP contribution in [0.15, 0.2) is 18.3 Å². The minimum Gasteiger partial charge on any atom is -0.388 e. The molecule has 19 heavy (non-hydrogen) atoms. The van der Waals surface area contributed by atoms with Crippen LogP contribution in [0.5, 0.6) is 0 Å². The molecular weight excluding hydrogens is 254 g/mol. The number of hydrogen-bond donors (Lipinski definition) is 1. The molecule has 0 radical (unpaired) electrons. The van der Waals surface area contributed by atoms with Crippen LogP contribution in [0.4, 0.5) is 0 Å². The lowest BCUT2D eigenvalue weighted by Gasteiger charge is -2.39. The van der Waals surface area contributed by atoms with Crippen LogP contribution in [0.1, 0.15) is 44.4 Å². The molecule has 1 aromatic rings. The van der Waals surface area contributed by atoms with Crippen molar-refractivity contribution in [1.29, 1.82) is 0 Å². The Kier molecular flexibility index (Phi) is 4.53. The lowest BCUT2D eigenvalue weighted by atomic mass is 9.78. The van der Waals surface area contributed by atoms with Crippen LogP contribution < -0.4 is 5.73 Å². The molecule has 1 aliphatic rings. The van der Waals surface area contributed by atoms with Crippen molar-refractivity contribution in [3.63, 3.8) is 0 Å². The van der Waals surface area contributed by atoms with Crippen LogP contribution in [0.2, 0.25) is 0 Å². The van der Waals surface area contributed by atoms with Gasteiger partial charge in [0.15, 0.2) is 0 Å². The van der Waals surface area contributed by atoms with E-state index in [4.69, 9.17) is 18.0 Å². The second kappa shape index (κ2) is 5.97. The molecule has 1 fully saturated rings. The Morgan fingerprint density at radius 1 is 1.47 bits per heavy atom. The number of pyridine rings is 1. The molecule has 0 unspecified atom stereocenters. The minimum absolute atomic E-state index is 0.374. The van der Waals surface area contributed by atoms with Gasteiger partial charge in [0.1, 0.15) is 4.99 Å². The largest absolute Gasteiger partial charge is 0.388 e. The molecule has 3 nitrogen and oxygen atoms in total. The number of thiocarbonyl (C=S) groups is 1. The highest BCUT2D eigenvalue weighted by Crippen LogP contribution is 2.34. The maximum Gasteiger partial charge on any atom is 0.122 e. The van der Waals surface area contributed by atoms with Crippen LogP contribution in [0.25, 0.3) is 0 Å². The van der Waals surface area contributed by atoms with Gasteiger partial charge in [-0.25, -0.2) is 0 Å². The maximum atomic E-state index is 5.62. The zero-order chi connectivity index (χ0) is 13.9. The van der Waals surface area contributed by atoms with E-state index in [1.165, 1.54) is 37.9 Å². The fourth-order valence-corrected chi connectivity index (χ4v) is 2.68. The monoisotopic (exact) mass is 277 g/mol. The fraction of sp³-hybridized carbons (Fsp3) is 0.600. The Morgan fingerprint density at radius 3 is 2.74 bits per heavy atom. The van der Waals surface area contributed by atoms with Gasteiger partial charge < -0.3 is 5.73 Å². The van der Waals surface area contributed by atoms with Crippen LogP contribution >= 0.6 is 12.2 Å². The van der Waals surface area contributed by atoms with E-state index in [1.54, 1.807) is 6.20 Å². The summed E-state index contributed by atoms with van der Waals surface area (Å²) in [5, 5.41) is 0. The fourth-order valence-electron chi connectivity index (χ4n) is 2.57. The lowest BCUT2D eigenvalue weighted by molar-refractivity contribution is 0.109. The predicted octanol–water partition coefficient (Wildman–Crippen LogP) is 2.73. The normalized spacial score (nSPS) is 19.3. The molecule has 0 saturated carbocycles. The molecule has 1 saturated heterocycles. The number of nitrogens with two attached hydrogens (primary N) is 1. The average Bonchev–Trinajstić information content (AvgIpc) is 2.42. The molecule has 1 aliphatic heterocycles. The van der Waals surface area contributed by atoms with Gasteiger partial charge in [-0.05, 0) is 49.0 Å². The molecule has 104 valence electrons. The first kappa shape index (κ1) is 14.4.